The molecular formula is C13H20N4O2. The number of urea groups is 1. The van der Waals surface area contributed by atoms with Crippen molar-refractivity contribution in [1.29, 1.82) is 0 Å². The zero-order valence-electron chi connectivity index (χ0n) is 11.1. The fourth-order valence-electron chi connectivity index (χ4n) is 1.67. The molecule has 0 aliphatic carbocycles. The predicted molar refractivity (Wildman–Crippen MR) is 75.7 cm³/mol. The number of rotatable bonds is 5. The highest BCUT2D eigenvalue weighted by atomic mass is 16.2. The Morgan fingerprint density at radius 3 is 2.32 bits per heavy atom. The Labute approximate surface area is 112 Å². The number of benzene rings is 1. The molecule has 0 aromatic heterocycles. The fraction of sp³-hybridized carbons (Fsp3) is 0.385. The lowest BCUT2D eigenvalue weighted by Crippen LogP contribution is -2.36. The normalized spacial score (nSPS) is 12.0. The van der Waals surface area contributed by atoms with Gasteiger partial charge in [0.25, 0.3) is 0 Å². The van der Waals surface area contributed by atoms with Gasteiger partial charge in [0.1, 0.15) is 0 Å². The number of carbonyl (C=O) groups is 2. The van der Waals surface area contributed by atoms with E-state index in [-0.39, 0.29) is 5.91 Å². The van der Waals surface area contributed by atoms with Gasteiger partial charge in [0, 0.05) is 11.4 Å². The van der Waals surface area contributed by atoms with Crippen molar-refractivity contribution in [2.45, 2.75) is 26.3 Å². The standard InChI is InChI=1S/C13H20N4O2/c1-8(2)6-11(14)12(18)16-9-4-3-5-10(7-9)17-13(15)19/h3-5,7-8,11H,6,14H2,1-2H3,(H,16,18)(H3,15,17,19)/t11-/m0/s1. The van der Waals surface area contributed by atoms with E-state index in [1.54, 1.807) is 24.3 Å². The smallest absolute Gasteiger partial charge is 0.316 e. The molecule has 6 heteroatoms. The second-order valence-electron chi connectivity index (χ2n) is 4.80. The van der Waals surface area contributed by atoms with Crippen LogP contribution in [0.4, 0.5) is 16.2 Å². The van der Waals surface area contributed by atoms with Crippen molar-refractivity contribution in [3.63, 3.8) is 0 Å². The number of amides is 3. The lowest BCUT2D eigenvalue weighted by atomic mass is 10.0. The van der Waals surface area contributed by atoms with Crippen LogP contribution in [0.1, 0.15) is 20.3 Å². The SMILES string of the molecule is CC(C)C[C@H](N)C(=O)Nc1cccc(NC(N)=O)c1. The molecule has 6 nitrogen and oxygen atoms in total. The number of nitrogens with one attached hydrogen (secondary N) is 2. The Balaban J connectivity index is 2.66. The Hall–Kier alpha value is -2.08. The van der Waals surface area contributed by atoms with Gasteiger partial charge in [0.15, 0.2) is 0 Å². The molecule has 1 aromatic rings. The van der Waals surface area contributed by atoms with Crippen LogP contribution in [0, 0.1) is 5.92 Å². The van der Waals surface area contributed by atoms with Crippen molar-refractivity contribution in [3.8, 4) is 0 Å². The summed E-state index contributed by atoms with van der Waals surface area (Å²) in [4.78, 5) is 22.6. The van der Waals surface area contributed by atoms with E-state index in [1.165, 1.54) is 0 Å². The van der Waals surface area contributed by atoms with E-state index in [0.717, 1.165) is 0 Å². The zero-order chi connectivity index (χ0) is 14.4. The molecule has 6 N–H and O–H groups in total. The van der Waals surface area contributed by atoms with Crippen molar-refractivity contribution >= 4 is 23.3 Å². The number of hydrogen-bond donors (Lipinski definition) is 4. The van der Waals surface area contributed by atoms with Crippen LogP contribution in [0.25, 0.3) is 0 Å². The molecule has 0 fully saturated rings. The minimum Gasteiger partial charge on any atom is -0.351 e. The van der Waals surface area contributed by atoms with Gasteiger partial charge in [-0.25, -0.2) is 4.79 Å². The molecule has 0 saturated carbocycles. The number of anilines is 2. The van der Waals surface area contributed by atoms with Crippen LogP contribution in [0.2, 0.25) is 0 Å². The summed E-state index contributed by atoms with van der Waals surface area (Å²) in [5.41, 5.74) is 11.9. The highest BCUT2D eigenvalue weighted by molar-refractivity contribution is 5.95. The topological polar surface area (TPSA) is 110 Å². The van der Waals surface area contributed by atoms with E-state index in [4.69, 9.17) is 11.5 Å². The van der Waals surface area contributed by atoms with E-state index in [2.05, 4.69) is 10.6 Å². The van der Waals surface area contributed by atoms with Crippen LogP contribution in [0.3, 0.4) is 0 Å². The summed E-state index contributed by atoms with van der Waals surface area (Å²) in [5, 5.41) is 5.14. The molecule has 3 amide bonds. The molecule has 0 unspecified atom stereocenters. The molecule has 1 aromatic carbocycles. The van der Waals surface area contributed by atoms with E-state index in [0.29, 0.717) is 23.7 Å². The van der Waals surface area contributed by atoms with E-state index in [1.807, 2.05) is 13.8 Å². The van der Waals surface area contributed by atoms with Crippen molar-refractivity contribution in [2.24, 2.45) is 17.4 Å². The summed E-state index contributed by atoms with van der Waals surface area (Å²) >= 11 is 0. The van der Waals surface area contributed by atoms with Gasteiger partial charge in [-0.05, 0) is 30.5 Å². The lowest BCUT2D eigenvalue weighted by molar-refractivity contribution is -0.117. The molecule has 0 radical (unpaired) electrons. The molecule has 1 rings (SSSR count). The molecule has 19 heavy (non-hydrogen) atoms. The monoisotopic (exact) mass is 264 g/mol. The summed E-state index contributed by atoms with van der Waals surface area (Å²) in [5.74, 6) is 0.105. The summed E-state index contributed by atoms with van der Waals surface area (Å²) in [6.07, 6.45) is 0.616. The second-order valence-corrected chi connectivity index (χ2v) is 4.80. The van der Waals surface area contributed by atoms with Gasteiger partial charge in [-0.1, -0.05) is 19.9 Å². The number of hydrogen-bond acceptors (Lipinski definition) is 3. The van der Waals surface area contributed by atoms with Crippen LogP contribution in [-0.4, -0.2) is 18.0 Å². The van der Waals surface area contributed by atoms with Crippen LogP contribution < -0.4 is 22.1 Å². The van der Waals surface area contributed by atoms with Gasteiger partial charge in [0.05, 0.1) is 6.04 Å². The third-order valence-corrected chi connectivity index (χ3v) is 2.46. The zero-order valence-corrected chi connectivity index (χ0v) is 11.1. The number of carbonyl (C=O) groups excluding carboxylic acids is 2. The van der Waals surface area contributed by atoms with Gasteiger partial charge >= 0.3 is 6.03 Å². The van der Waals surface area contributed by atoms with Gasteiger partial charge in [-0.2, -0.15) is 0 Å². The maximum absolute atomic E-state index is 11.8. The molecule has 0 aliphatic rings. The maximum Gasteiger partial charge on any atom is 0.316 e. The molecule has 1 atom stereocenters. The average Bonchev–Trinajstić information content (AvgIpc) is 2.27. The first-order chi connectivity index (χ1) is 8.88. The van der Waals surface area contributed by atoms with Gasteiger partial charge in [-0.15, -0.1) is 0 Å². The van der Waals surface area contributed by atoms with E-state index < -0.39 is 12.1 Å². The molecule has 0 bridgehead atoms. The number of nitrogens with two attached hydrogens (primary N) is 2. The summed E-state index contributed by atoms with van der Waals surface area (Å²) in [6.45, 7) is 4.01. The van der Waals surface area contributed by atoms with Crippen molar-refractivity contribution < 1.29 is 9.59 Å². The summed E-state index contributed by atoms with van der Waals surface area (Å²) < 4.78 is 0. The Bertz CT molecular complexity index is 460. The van der Waals surface area contributed by atoms with Crippen LogP contribution in [-0.2, 0) is 4.79 Å². The first-order valence-electron chi connectivity index (χ1n) is 6.11. The molecule has 0 aliphatic heterocycles. The molecule has 104 valence electrons. The predicted octanol–water partition coefficient (Wildman–Crippen LogP) is 1.49. The summed E-state index contributed by atoms with van der Waals surface area (Å²) in [7, 11) is 0. The maximum atomic E-state index is 11.8. The first kappa shape index (κ1) is 15.0. The van der Waals surface area contributed by atoms with Gasteiger partial charge in [-0.3, -0.25) is 4.79 Å². The molecule has 0 saturated heterocycles. The quantitative estimate of drug-likeness (QED) is 0.646. The molecule has 0 spiro atoms. The first-order valence-corrected chi connectivity index (χ1v) is 6.11. The summed E-state index contributed by atoms with van der Waals surface area (Å²) in [6, 6.07) is 5.51. The Morgan fingerprint density at radius 1 is 1.21 bits per heavy atom. The lowest BCUT2D eigenvalue weighted by Gasteiger charge is -2.14. The fourth-order valence-corrected chi connectivity index (χ4v) is 1.67. The highest BCUT2D eigenvalue weighted by Gasteiger charge is 2.15. The molecule has 0 heterocycles. The van der Waals surface area contributed by atoms with Crippen molar-refractivity contribution in [3.05, 3.63) is 24.3 Å². The highest BCUT2D eigenvalue weighted by Crippen LogP contribution is 2.15. The van der Waals surface area contributed by atoms with Gasteiger partial charge < -0.3 is 22.1 Å². The minimum absolute atomic E-state index is 0.245. The Morgan fingerprint density at radius 2 is 1.79 bits per heavy atom. The average molecular weight is 264 g/mol. The second kappa shape index (κ2) is 6.75. The van der Waals surface area contributed by atoms with Crippen LogP contribution in [0.5, 0.6) is 0 Å². The van der Waals surface area contributed by atoms with Crippen LogP contribution in [0.15, 0.2) is 24.3 Å². The van der Waals surface area contributed by atoms with Gasteiger partial charge in [0.2, 0.25) is 5.91 Å². The Kier molecular flexibility index (Phi) is 5.32. The largest absolute Gasteiger partial charge is 0.351 e. The minimum atomic E-state index is -0.653. The van der Waals surface area contributed by atoms with Crippen molar-refractivity contribution in [2.75, 3.05) is 10.6 Å². The van der Waals surface area contributed by atoms with E-state index in [9.17, 15) is 9.59 Å². The number of primary amides is 1. The van der Waals surface area contributed by atoms with E-state index >= 15 is 0 Å². The molecular weight excluding hydrogens is 244 g/mol. The third-order valence-electron chi connectivity index (χ3n) is 2.46. The van der Waals surface area contributed by atoms with Crippen molar-refractivity contribution in [1.82, 2.24) is 0 Å². The van der Waals surface area contributed by atoms with Crippen LogP contribution >= 0.6 is 0 Å². The third kappa shape index (κ3) is 5.39.